The summed E-state index contributed by atoms with van der Waals surface area (Å²) in [6, 6.07) is 1.60. The van der Waals surface area contributed by atoms with E-state index in [-0.39, 0.29) is 12.1 Å². The largest absolute Gasteiger partial charge is 0.480 e. The molecule has 0 bridgehead atoms. The Morgan fingerprint density at radius 2 is 1.95 bits per heavy atom. The van der Waals surface area contributed by atoms with E-state index in [9.17, 15) is 22.8 Å². The maximum atomic E-state index is 12.5. The molecular weight excluding hydrogens is 293 g/mol. The maximum absolute atomic E-state index is 12.5. The van der Waals surface area contributed by atoms with Gasteiger partial charge in [-0.2, -0.15) is 13.2 Å². The number of amides is 2. The summed E-state index contributed by atoms with van der Waals surface area (Å²) in [5.41, 5.74) is -1.07. The Morgan fingerprint density at radius 1 is 1.29 bits per heavy atom. The number of rotatable bonds is 5. The predicted octanol–water partition coefficient (Wildman–Crippen LogP) is 1.66. The van der Waals surface area contributed by atoms with E-state index in [1.807, 2.05) is 5.32 Å². The molecule has 2 amide bonds. The molecule has 0 aliphatic rings. The van der Waals surface area contributed by atoms with E-state index in [0.717, 1.165) is 18.2 Å². The molecule has 116 valence electrons. The van der Waals surface area contributed by atoms with Crippen LogP contribution in [-0.2, 0) is 11.0 Å². The number of hydrogen-bond acceptors (Lipinski definition) is 3. The number of carbonyl (C=O) groups is 2. The van der Waals surface area contributed by atoms with Crippen molar-refractivity contribution >= 4 is 17.7 Å². The summed E-state index contributed by atoms with van der Waals surface area (Å²) >= 11 is 0. The summed E-state index contributed by atoms with van der Waals surface area (Å²) in [7, 11) is 0. The molecule has 6 nitrogen and oxygen atoms in total. The van der Waals surface area contributed by atoms with Crippen LogP contribution in [0.25, 0.3) is 0 Å². The van der Waals surface area contributed by atoms with Gasteiger partial charge in [0, 0.05) is 18.7 Å². The molecule has 1 aromatic rings. The highest BCUT2D eigenvalue weighted by molar-refractivity contribution is 5.92. The van der Waals surface area contributed by atoms with Gasteiger partial charge in [0.15, 0.2) is 0 Å². The molecule has 0 spiro atoms. The number of benzene rings is 1. The highest BCUT2D eigenvalue weighted by atomic mass is 19.4. The van der Waals surface area contributed by atoms with Crippen molar-refractivity contribution in [3.8, 4) is 0 Å². The number of aliphatic hydroxyl groups excluding tert-OH is 1. The van der Waals surface area contributed by atoms with Crippen molar-refractivity contribution in [2.75, 3.05) is 11.9 Å². The van der Waals surface area contributed by atoms with Crippen LogP contribution in [0, 0.1) is 0 Å². The lowest BCUT2D eigenvalue weighted by molar-refractivity contribution is -0.139. The zero-order chi connectivity index (χ0) is 16.0. The molecule has 1 unspecified atom stereocenters. The van der Waals surface area contributed by atoms with E-state index in [4.69, 9.17) is 10.2 Å². The molecule has 0 aliphatic heterocycles. The van der Waals surface area contributed by atoms with E-state index in [1.54, 1.807) is 0 Å². The maximum Gasteiger partial charge on any atom is 0.416 e. The van der Waals surface area contributed by atoms with Crippen molar-refractivity contribution in [3.63, 3.8) is 0 Å². The van der Waals surface area contributed by atoms with E-state index in [1.165, 1.54) is 6.07 Å². The summed E-state index contributed by atoms with van der Waals surface area (Å²) in [5.74, 6) is -1.36. The van der Waals surface area contributed by atoms with E-state index >= 15 is 0 Å². The fourth-order valence-corrected chi connectivity index (χ4v) is 1.49. The second kappa shape index (κ2) is 6.93. The zero-order valence-corrected chi connectivity index (χ0v) is 10.6. The molecule has 0 radical (unpaired) electrons. The first-order valence-electron chi connectivity index (χ1n) is 5.82. The highest BCUT2D eigenvalue weighted by Crippen LogP contribution is 2.30. The predicted molar refractivity (Wildman–Crippen MR) is 66.7 cm³/mol. The Kier molecular flexibility index (Phi) is 5.53. The van der Waals surface area contributed by atoms with Gasteiger partial charge in [-0.05, 0) is 18.2 Å². The van der Waals surface area contributed by atoms with Crippen molar-refractivity contribution in [3.05, 3.63) is 29.8 Å². The molecule has 1 atom stereocenters. The van der Waals surface area contributed by atoms with Crippen LogP contribution in [-0.4, -0.2) is 34.9 Å². The normalized spacial score (nSPS) is 12.6. The lowest BCUT2D eigenvalue weighted by Gasteiger charge is -2.14. The standard InChI is InChI=1S/C12H13F3N2O4/c13-12(14,15)7-2-1-3-8(6-7)16-11(21)17-9(4-5-18)10(19)20/h1-3,6,9,18H,4-5H2,(H,19,20)(H2,16,17,21). The monoisotopic (exact) mass is 306 g/mol. The molecule has 0 fully saturated rings. The van der Waals surface area contributed by atoms with Gasteiger partial charge >= 0.3 is 18.2 Å². The number of aliphatic carboxylic acids is 1. The second-order valence-electron chi connectivity index (χ2n) is 4.08. The Morgan fingerprint density at radius 3 is 2.48 bits per heavy atom. The molecule has 1 aromatic carbocycles. The summed E-state index contributed by atoms with van der Waals surface area (Å²) in [4.78, 5) is 22.3. The zero-order valence-electron chi connectivity index (χ0n) is 10.6. The van der Waals surface area contributed by atoms with Crippen LogP contribution in [0.2, 0.25) is 0 Å². The summed E-state index contributed by atoms with van der Waals surface area (Å²) in [6.45, 7) is -0.458. The van der Waals surface area contributed by atoms with Gasteiger partial charge in [-0.1, -0.05) is 6.07 Å². The highest BCUT2D eigenvalue weighted by Gasteiger charge is 2.30. The first-order valence-corrected chi connectivity index (χ1v) is 5.82. The quantitative estimate of drug-likeness (QED) is 0.665. The first kappa shape index (κ1) is 16.8. The lowest BCUT2D eigenvalue weighted by Crippen LogP contribution is -2.43. The van der Waals surface area contributed by atoms with Gasteiger partial charge in [0.1, 0.15) is 6.04 Å². The van der Waals surface area contributed by atoms with Gasteiger partial charge in [-0.25, -0.2) is 9.59 Å². The van der Waals surface area contributed by atoms with Crippen molar-refractivity contribution in [2.45, 2.75) is 18.6 Å². The average molecular weight is 306 g/mol. The SMILES string of the molecule is O=C(Nc1cccc(C(F)(F)F)c1)NC(CCO)C(=O)O. The Bertz CT molecular complexity index is 519. The molecular formula is C12H13F3N2O4. The Hall–Kier alpha value is -2.29. The van der Waals surface area contributed by atoms with Gasteiger partial charge in [0.2, 0.25) is 0 Å². The molecule has 1 rings (SSSR count). The van der Waals surface area contributed by atoms with Crippen LogP contribution < -0.4 is 10.6 Å². The van der Waals surface area contributed by atoms with Crippen molar-refractivity contribution in [1.29, 1.82) is 0 Å². The van der Waals surface area contributed by atoms with E-state index in [0.29, 0.717) is 0 Å². The fourth-order valence-electron chi connectivity index (χ4n) is 1.49. The van der Waals surface area contributed by atoms with Gasteiger partial charge < -0.3 is 20.8 Å². The minimum atomic E-state index is -4.55. The summed E-state index contributed by atoms with van der Waals surface area (Å²) in [6.07, 6.45) is -4.76. The van der Waals surface area contributed by atoms with Crippen LogP contribution in [0.1, 0.15) is 12.0 Å². The lowest BCUT2D eigenvalue weighted by atomic mass is 10.2. The van der Waals surface area contributed by atoms with Crippen LogP contribution in [0.3, 0.4) is 0 Å². The molecule has 0 heterocycles. The number of carboxylic acids is 1. The number of aliphatic hydroxyl groups is 1. The Balaban J connectivity index is 2.73. The van der Waals surface area contributed by atoms with Gasteiger partial charge in [0.25, 0.3) is 0 Å². The van der Waals surface area contributed by atoms with Crippen molar-refractivity contribution in [2.24, 2.45) is 0 Å². The second-order valence-corrected chi connectivity index (χ2v) is 4.08. The number of alkyl halides is 3. The summed E-state index contributed by atoms with van der Waals surface area (Å²) < 4.78 is 37.5. The Labute approximate surface area is 117 Å². The van der Waals surface area contributed by atoms with Crippen LogP contribution >= 0.6 is 0 Å². The summed E-state index contributed by atoms with van der Waals surface area (Å²) in [5, 5.41) is 21.6. The van der Waals surface area contributed by atoms with Gasteiger partial charge in [0.05, 0.1) is 5.56 Å². The third-order valence-electron chi connectivity index (χ3n) is 2.47. The van der Waals surface area contributed by atoms with E-state index in [2.05, 4.69) is 5.32 Å². The molecule has 0 saturated heterocycles. The van der Waals surface area contributed by atoms with Crippen LogP contribution in [0.4, 0.5) is 23.7 Å². The number of halogens is 3. The fraction of sp³-hybridized carbons (Fsp3) is 0.333. The number of carbonyl (C=O) groups excluding carboxylic acids is 1. The van der Waals surface area contributed by atoms with Crippen LogP contribution in [0.15, 0.2) is 24.3 Å². The van der Waals surface area contributed by atoms with Crippen LogP contribution in [0.5, 0.6) is 0 Å². The van der Waals surface area contributed by atoms with Crippen molar-refractivity contribution in [1.82, 2.24) is 5.32 Å². The third kappa shape index (κ3) is 5.30. The topological polar surface area (TPSA) is 98.7 Å². The minimum absolute atomic E-state index is 0.129. The molecule has 4 N–H and O–H groups in total. The minimum Gasteiger partial charge on any atom is -0.480 e. The first-order chi connectivity index (χ1) is 9.74. The van der Waals surface area contributed by atoms with Crippen molar-refractivity contribution < 1.29 is 33.0 Å². The number of urea groups is 1. The number of anilines is 1. The third-order valence-corrected chi connectivity index (χ3v) is 2.47. The smallest absolute Gasteiger partial charge is 0.416 e. The van der Waals surface area contributed by atoms with E-state index < -0.39 is 36.4 Å². The molecule has 21 heavy (non-hydrogen) atoms. The molecule has 0 saturated carbocycles. The van der Waals surface area contributed by atoms with Gasteiger partial charge in [-0.3, -0.25) is 0 Å². The molecule has 0 aromatic heterocycles. The average Bonchev–Trinajstić information content (AvgIpc) is 2.37. The number of hydrogen-bond donors (Lipinski definition) is 4. The molecule has 9 heteroatoms. The van der Waals surface area contributed by atoms with Gasteiger partial charge in [-0.15, -0.1) is 0 Å². The molecule has 0 aliphatic carbocycles. The number of carboxylic acid groups (broad SMARTS) is 1. The number of nitrogens with one attached hydrogen (secondary N) is 2.